The van der Waals surface area contributed by atoms with Gasteiger partial charge in [0, 0.05) is 37.6 Å². The lowest BCUT2D eigenvalue weighted by molar-refractivity contribution is -0.139. The number of benzene rings is 1. The number of carbonyl (C=O) groups is 2. The van der Waals surface area contributed by atoms with Crippen LogP contribution in [-0.4, -0.2) is 62.7 Å². The molecule has 1 aliphatic heterocycles. The molecule has 172 valence electrons. The van der Waals surface area contributed by atoms with Crippen molar-refractivity contribution in [3.05, 3.63) is 47.1 Å². The van der Waals surface area contributed by atoms with Gasteiger partial charge in [-0.05, 0) is 30.7 Å². The summed E-state index contributed by atoms with van der Waals surface area (Å²) in [5, 5.41) is 4.86. The summed E-state index contributed by atoms with van der Waals surface area (Å²) in [6.07, 6.45) is 1.78. The van der Waals surface area contributed by atoms with E-state index in [-0.39, 0.29) is 24.5 Å². The van der Waals surface area contributed by atoms with Crippen molar-refractivity contribution in [2.45, 2.75) is 39.0 Å². The summed E-state index contributed by atoms with van der Waals surface area (Å²) in [5.41, 5.74) is 1.51. The van der Waals surface area contributed by atoms with E-state index in [9.17, 15) is 9.59 Å². The van der Waals surface area contributed by atoms with Gasteiger partial charge in [-0.1, -0.05) is 48.6 Å². The maximum atomic E-state index is 12.9. The van der Waals surface area contributed by atoms with Crippen molar-refractivity contribution in [1.29, 1.82) is 0 Å². The highest BCUT2D eigenvalue weighted by Crippen LogP contribution is 2.27. The molecule has 1 saturated heterocycles. The lowest BCUT2D eigenvalue weighted by Crippen LogP contribution is -2.55. The molecule has 1 fully saturated rings. The van der Waals surface area contributed by atoms with Gasteiger partial charge < -0.3 is 19.9 Å². The minimum atomic E-state index is -1.37. The Balaban J connectivity index is 1.61. The molecule has 1 aliphatic rings. The van der Waals surface area contributed by atoms with Crippen LogP contribution in [0.15, 0.2) is 36.5 Å². The summed E-state index contributed by atoms with van der Waals surface area (Å²) in [6.45, 7) is 10.7. The molecule has 0 bridgehead atoms. The number of hydrogen-bond donors (Lipinski definition) is 1. The number of nitrogens with one attached hydrogen (secondary N) is 1. The van der Waals surface area contributed by atoms with Crippen LogP contribution in [0.1, 0.15) is 12.5 Å². The molecule has 1 N–H and O–H groups in total. The smallest absolute Gasteiger partial charge is 0.322 e. The van der Waals surface area contributed by atoms with Crippen LogP contribution >= 0.6 is 11.6 Å². The molecule has 0 aliphatic carbocycles. The highest BCUT2D eigenvalue weighted by molar-refractivity contribution is 6.88. The minimum absolute atomic E-state index is 0.0161. The molecule has 2 aromatic rings. The molecule has 0 radical (unpaired) electrons. The fourth-order valence-electron chi connectivity index (χ4n) is 3.74. The third-order valence-electron chi connectivity index (χ3n) is 5.64. The van der Waals surface area contributed by atoms with Crippen LogP contribution in [-0.2, 0) is 16.0 Å². The number of anilines is 2. The van der Waals surface area contributed by atoms with Crippen molar-refractivity contribution in [1.82, 2.24) is 9.88 Å². The Kier molecular flexibility index (Phi) is 7.46. The number of pyridine rings is 1. The zero-order valence-electron chi connectivity index (χ0n) is 19.3. The van der Waals surface area contributed by atoms with Crippen LogP contribution in [0.2, 0.25) is 24.7 Å². The van der Waals surface area contributed by atoms with E-state index in [2.05, 4.69) is 47.0 Å². The second-order valence-corrected chi connectivity index (χ2v) is 14.6. The van der Waals surface area contributed by atoms with Crippen molar-refractivity contribution < 1.29 is 14.3 Å². The Morgan fingerprint density at radius 1 is 1.22 bits per heavy atom. The second kappa shape index (κ2) is 9.91. The summed E-state index contributed by atoms with van der Waals surface area (Å²) in [6, 6.07) is 9.80. The van der Waals surface area contributed by atoms with Gasteiger partial charge in [-0.25, -0.2) is 9.78 Å². The summed E-state index contributed by atoms with van der Waals surface area (Å²) >= 11 is 6.44. The number of nitrogens with zero attached hydrogens (tertiary/aromatic N) is 3. The van der Waals surface area contributed by atoms with Crippen LogP contribution < -0.4 is 15.4 Å². The lowest BCUT2D eigenvalue weighted by atomic mass is 10.1. The van der Waals surface area contributed by atoms with Gasteiger partial charge in [0.05, 0.1) is 26.6 Å². The number of rotatable bonds is 5. The van der Waals surface area contributed by atoms with Crippen molar-refractivity contribution in [3.8, 4) is 0 Å². The van der Waals surface area contributed by atoms with E-state index in [0.717, 1.165) is 5.69 Å². The standard InChI is InChI=1S/C23H31ClN4O3Si/c1-16-15-27(22-20(24)12-17(14-25-22)13-21(29)31-2)10-11-28(16)23(30)26-18-6-8-19(9-7-18)32(3,4)5/h6-9,12,14,16H,10-11,13,15H2,1-5H3,(H,26,30)/t16-/m1/s1. The van der Waals surface area contributed by atoms with Crippen LogP contribution in [0.5, 0.6) is 0 Å². The number of aromatic nitrogens is 1. The summed E-state index contributed by atoms with van der Waals surface area (Å²) < 4.78 is 4.69. The fraction of sp³-hybridized carbons (Fsp3) is 0.435. The van der Waals surface area contributed by atoms with Crippen molar-refractivity contribution >= 4 is 48.4 Å². The third kappa shape index (κ3) is 5.80. The Morgan fingerprint density at radius 2 is 1.91 bits per heavy atom. The third-order valence-corrected chi connectivity index (χ3v) is 7.99. The van der Waals surface area contributed by atoms with E-state index < -0.39 is 8.07 Å². The summed E-state index contributed by atoms with van der Waals surface area (Å²) in [5.74, 6) is 0.327. The molecule has 3 rings (SSSR count). The zero-order chi connectivity index (χ0) is 23.5. The topological polar surface area (TPSA) is 74.8 Å². The molecule has 1 aromatic carbocycles. The molecule has 7 nitrogen and oxygen atoms in total. The van der Waals surface area contributed by atoms with Gasteiger partial charge in [-0.2, -0.15) is 0 Å². The number of carbonyl (C=O) groups excluding carboxylic acids is 2. The first kappa shape index (κ1) is 24.1. The number of amides is 2. The predicted octanol–water partition coefficient (Wildman–Crippen LogP) is 3.74. The first-order chi connectivity index (χ1) is 15.1. The predicted molar refractivity (Wildman–Crippen MR) is 132 cm³/mol. The Morgan fingerprint density at radius 3 is 2.47 bits per heavy atom. The monoisotopic (exact) mass is 474 g/mol. The van der Waals surface area contributed by atoms with Crippen LogP contribution in [0, 0.1) is 0 Å². The first-order valence-corrected chi connectivity index (χ1v) is 14.6. The van der Waals surface area contributed by atoms with Gasteiger partial charge in [0.2, 0.25) is 0 Å². The number of esters is 1. The van der Waals surface area contributed by atoms with Gasteiger partial charge in [0.1, 0.15) is 5.82 Å². The number of methoxy groups -OCH3 is 1. The molecule has 9 heteroatoms. The molecular weight excluding hydrogens is 444 g/mol. The van der Waals surface area contributed by atoms with E-state index in [1.54, 1.807) is 12.3 Å². The normalized spacial score (nSPS) is 16.6. The molecule has 32 heavy (non-hydrogen) atoms. The van der Waals surface area contributed by atoms with E-state index in [4.69, 9.17) is 16.3 Å². The molecule has 2 amide bonds. The van der Waals surface area contributed by atoms with E-state index >= 15 is 0 Å². The quantitative estimate of drug-likeness (QED) is 0.527. The molecule has 2 heterocycles. The number of piperazine rings is 1. The van der Waals surface area contributed by atoms with Gasteiger partial charge in [-0.15, -0.1) is 0 Å². The van der Waals surface area contributed by atoms with Gasteiger partial charge in [0.15, 0.2) is 0 Å². The fourth-order valence-corrected chi connectivity index (χ4v) is 5.21. The Labute approximate surface area is 195 Å². The number of ether oxygens (including phenoxy) is 1. The van der Waals surface area contributed by atoms with E-state index in [0.29, 0.717) is 36.0 Å². The zero-order valence-corrected chi connectivity index (χ0v) is 21.1. The molecule has 1 atom stereocenters. The summed E-state index contributed by atoms with van der Waals surface area (Å²) in [7, 11) is -0.0137. The number of hydrogen-bond acceptors (Lipinski definition) is 5. The Bertz CT molecular complexity index is 978. The highest BCUT2D eigenvalue weighted by Gasteiger charge is 2.29. The Hall–Kier alpha value is -2.58. The van der Waals surface area contributed by atoms with Gasteiger partial charge in [0.25, 0.3) is 0 Å². The number of urea groups is 1. The van der Waals surface area contributed by atoms with Crippen molar-refractivity contribution in [3.63, 3.8) is 0 Å². The largest absolute Gasteiger partial charge is 0.469 e. The molecule has 0 saturated carbocycles. The van der Waals surface area contributed by atoms with Crippen molar-refractivity contribution in [2.24, 2.45) is 0 Å². The lowest BCUT2D eigenvalue weighted by Gasteiger charge is -2.40. The first-order valence-electron chi connectivity index (χ1n) is 10.7. The van der Waals surface area contributed by atoms with Crippen LogP contribution in [0.4, 0.5) is 16.3 Å². The van der Waals surface area contributed by atoms with Crippen LogP contribution in [0.3, 0.4) is 0 Å². The maximum Gasteiger partial charge on any atom is 0.322 e. The molecule has 1 aromatic heterocycles. The van der Waals surface area contributed by atoms with Crippen molar-refractivity contribution in [2.75, 3.05) is 37.0 Å². The SMILES string of the molecule is COC(=O)Cc1cnc(N2CCN(C(=O)Nc3ccc([Si](C)(C)C)cc3)[C@H](C)C2)c(Cl)c1. The van der Waals surface area contributed by atoms with Gasteiger partial charge >= 0.3 is 12.0 Å². The average Bonchev–Trinajstić information content (AvgIpc) is 2.73. The van der Waals surface area contributed by atoms with Gasteiger partial charge in [-0.3, -0.25) is 4.79 Å². The summed E-state index contributed by atoms with van der Waals surface area (Å²) in [4.78, 5) is 32.7. The minimum Gasteiger partial charge on any atom is -0.469 e. The molecule has 0 unspecified atom stereocenters. The second-order valence-electron chi connectivity index (χ2n) is 9.15. The molecule has 0 spiro atoms. The number of halogens is 1. The maximum absolute atomic E-state index is 12.9. The van der Waals surface area contributed by atoms with E-state index in [1.807, 2.05) is 24.0 Å². The highest BCUT2D eigenvalue weighted by atomic mass is 35.5. The van der Waals surface area contributed by atoms with Crippen LogP contribution in [0.25, 0.3) is 0 Å². The average molecular weight is 475 g/mol. The molecular formula is C23H31ClN4O3Si. The van der Waals surface area contributed by atoms with E-state index in [1.165, 1.54) is 12.3 Å².